The highest BCUT2D eigenvalue weighted by atomic mass is 15.4. The highest BCUT2D eigenvalue weighted by Gasteiger charge is 2.46. The topological polar surface area (TPSA) is 24.3 Å². The molecule has 11 rings (SSSR count). The van der Waals surface area contributed by atoms with Crippen molar-refractivity contribution in [1.29, 1.82) is 0 Å². The van der Waals surface area contributed by atoms with Gasteiger partial charge in [-0.1, -0.05) is 142 Å². The minimum atomic E-state index is -0.586. The molecule has 274 valence electrons. The summed E-state index contributed by atoms with van der Waals surface area (Å²) in [7, 11) is 0. The number of hydrogen-bond donors (Lipinski definition) is 0. The van der Waals surface area contributed by atoms with Gasteiger partial charge >= 0.3 is 0 Å². The van der Waals surface area contributed by atoms with E-state index in [0.29, 0.717) is 0 Å². The molecule has 2 aliphatic rings. The van der Waals surface area contributed by atoms with Crippen LogP contribution in [0.3, 0.4) is 0 Å². The first-order chi connectivity index (χ1) is 27.9. The van der Waals surface area contributed by atoms with E-state index in [1.807, 2.05) is 6.20 Å². The maximum Gasteiger partial charge on any atom is 0.137 e. The zero-order valence-electron chi connectivity index (χ0n) is 32.4. The number of hydrogen-bond acceptors (Lipinski definition) is 3. The van der Waals surface area contributed by atoms with E-state index in [2.05, 4.69) is 217 Å². The zero-order chi connectivity index (χ0) is 38.3. The Balaban J connectivity index is 1.17. The van der Waals surface area contributed by atoms with Crippen molar-refractivity contribution < 1.29 is 0 Å². The van der Waals surface area contributed by atoms with Crippen LogP contribution in [0.15, 0.2) is 188 Å². The summed E-state index contributed by atoms with van der Waals surface area (Å²) in [5, 5.41) is 2.44. The summed E-state index contributed by atoms with van der Waals surface area (Å²) in [5.41, 5.74) is 15.4. The number of aromatic nitrogens is 2. The number of pyridine rings is 1. The Labute approximate surface area is 333 Å². The predicted octanol–water partition coefficient (Wildman–Crippen LogP) is 13.1. The summed E-state index contributed by atoms with van der Waals surface area (Å²) in [6.45, 7) is 7.52. The van der Waals surface area contributed by atoms with Gasteiger partial charge in [-0.15, -0.1) is 0 Å². The van der Waals surface area contributed by atoms with Crippen molar-refractivity contribution in [3.8, 4) is 16.9 Å². The van der Waals surface area contributed by atoms with E-state index >= 15 is 0 Å². The van der Waals surface area contributed by atoms with Crippen molar-refractivity contribution in [2.75, 3.05) is 16.5 Å². The number of benzene rings is 7. The summed E-state index contributed by atoms with van der Waals surface area (Å²) in [6, 6.07) is 67.2. The molecule has 0 radical (unpaired) electrons. The molecule has 7 aromatic carbocycles. The van der Waals surface area contributed by atoms with Gasteiger partial charge in [0.15, 0.2) is 0 Å². The Morgan fingerprint density at radius 2 is 1.09 bits per heavy atom. The highest BCUT2D eigenvalue weighted by molar-refractivity contribution is 6.09. The minimum absolute atomic E-state index is 0.0120. The third kappa shape index (κ3) is 4.96. The van der Waals surface area contributed by atoms with E-state index in [4.69, 9.17) is 4.98 Å². The van der Waals surface area contributed by atoms with E-state index in [1.54, 1.807) is 0 Å². The number of fused-ring (bicyclic) bond motifs is 7. The fraction of sp³-hybridized carbons (Fsp3) is 0.113. The molecule has 0 bridgehead atoms. The molecule has 4 nitrogen and oxygen atoms in total. The maximum absolute atomic E-state index is 5.03. The molecule has 0 N–H and O–H groups in total. The fourth-order valence-electron chi connectivity index (χ4n) is 9.65. The van der Waals surface area contributed by atoms with Crippen molar-refractivity contribution in [3.05, 3.63) is 216 Å². The molecule has 0 saturated carbocycles. The fourth-order valence-corrected chi connectivity index (χ4v) is 9.65. The number of rotatable bonds is 5. The molecule has 0 spiro atoms. The Bertz CT molecular complexity index is 2960. The normalized spacial score (nSPS) is 14.2. The lowest BCUT2D eigenvalue weighted by atomic mass is 9.67. The van der Waals surface area contributed by atoms with E-state index in [9.17, 15) is 0 Å². The zero-order valence-corrected chi connectivity index (χ0v) is 32.4. The van der Waals surface area contributed by atoms with E-state index in [1.165, 1.54) is 66.8 Å². The van der Waals surface area contributed by atoms with Crippen LogP contribution >= 0.6 is 0 Å². The highest BCUT2D eigenvalue weighted by Crippen LogP contribution is 2.57. The van der Waals surface area contributed by atoms with Gasteiger partial charge in [0.2, 0.25) is 0 Å². The molecule has 0 fully saturated rings. The number of anilines is 4. The smallest absolute Gasteiger partial charge is 0.137 e. The second-order valence-corrected chi connectivity index (χ2v) is 16.5. The van der Waals surface area contributed by atoms with E-state index in [0.717, 1.165) is 29.2 Å². The average molecular weight is 735 g/mol. The van der Waals surface area contributed by atoms with E-state index < -0.39 is 5.41 Å². The molecule has 4 heteroatoms. The molecule has 0 saturated heterocycles. The Kier molecular flexibility index (Phi) is 7.36. The van der Waals surface area contributed by atoms with Crippen LogP contribution in [0.2, 0.25) is 0 Å². The summed E-state index contributed by atoms with van der Waals surface area (Å²) < 4.78 is 2.37. The van der Waals surface area contributed by atoms with Crippen LogP contribution in [0, 0.1) is 0 Å². The monoisotopic (exact) mass is 734 g/mol. The van der Waals surface area contributed by atoms with Crippen LogP contribution in [-0.4, -0.2) is 16.2 Å². The first kappa shape index (κ1) is 33.4. The molecule has 3 heterocycles. The molecule has 57 heavy (non-hydrogen) atoms. The second-order valence-electron chi connectivity index (χ2n) is 16.5. The van der Waals surface area contributed by atoms with Crippen LogP contribution in [0.25, 0.3) is 38.8 Å². The molecule has 0 unspecified atom stereocenters. The quantitative estimate of drug-likeness (QED) is 0.176. The van der Waals surface area contributed by atoms with Crippen LogP contribution in [0.4, 0.5) is 22.7 Å². The second kappa shape index (κ2) is 12.6. The van der Waals surface area contributed by atoms with Gasteiger partial charge in [0.1, 0.15) is 12.5 Å². The molecule has 1 aliphatic heterocycles. The van der Waals surface area contributed by atoms with Gasteiger partial charge in [0.25, 0.3) is 0 Å². The first-order valence-electron chi connectivity index (χ1n) is 19.9. The lowest BCUT2D eigenvalue weighted by Gasteiger charge is -2.35. The van der Waals surface area contributed by atoms with Crippen LogP contribution in [0.5, 0.6) is 0 Å². The lowest BCUT2D eigenvalue weighted by Crippen LogP contribution is -2.29. The SMILES string of the molecule is CC(C)(C)c1ccnc(-n2c3ccccc3c3ccc(C4(c5cccc(N6CN(c7ccccc7)c7ccccc76)c5)c5ccccc5-c5ccccc54)cc32)c1. The van der Waals surface area contributed by atoms with Crippen LogP contribution < -0.4 is 9.80 Å². The third-order valence-electron chi connectivity index (χ3n) is 12.3. The van der Waals surface area contributed by atoms with Gasteiger partial charge in [0.05, 0.1) is 27.8 Å². The summed E-state index contributed by atoms with van der Waals surface area (Å²) in [6.07, 6.45) is 1.96. The average Bonchev–Trinajstić information content (AvgIpc) is 3.91. The van der Waals surface area contributed by atoms with E-state index in [-0.39, 0.29) is 5.41 Å². The summed E-state index contributed by atoms with van der Waals surface area (Å²) in [5.74, 6) is 0.935. The van der Waals surface area contributed by atoms with Gasteiger partial charge in [-0.3, -0.25) is 4.57 Å². The molecule has 0 atom stereocenters. The van der Waals surface area contributed by atoms with Gasteiger partial charge in [0, 0.05) is 28.3 Å². The van der Waals surface area contributed by atoms with Crippen molar-refractivity contribution in [2.45, 2.75) is 31.6 Å². The Morgan fingerprint density at radius 1 is 0.491 bits per heavy atom. The third-order valence-corrected chi connectivity index (χ3v) is 12.3. The Hall–Kier alpha value is -6.91. The van der Waals surface area contributed by atoms with Gasteiger partial charge in [-0.05, 0) is 105 Å². The summed E-state index contributed by atoms with van der Waals surface area (Å²) in [4.78, 5) is 9.90. The molecule has 1 aliphatic carbocycles. The van der Waals surface area contributed by atoms with Gasteiger partial charge in [-0.2, -0.15) is 0 Å². The largest absolute Gasteiger partial charge is 0.321 e. The molecule has 9 aromatic rings. The molecule has 0 amide bonds. The Morgan fingerprint density at radius 3 is 1.82 bits per heavy atom. The lowest BCUT2D eigenvalue weighted by molar-refractivity contribution is 0.588. The molecule has 2 aromatic heterocycles. The van der Waals surface area contributed by atoms with Crippen molar-refractivity contribution in [3.63, 3.8) is 0 Å². The van der Waals surface area contributed by atoms with Gasteiger partial charge in [-0.25, -0.2) is 4.98 Å². The van der Waals surface area contributed by atoms with Gasteiger partial charge < -0.3 is 9.80 Å². The first-order valence-corrected chi connectivity index (χ1v) is 19.9. The number of para-hydroxylation sites is 4. The maximum atomic E-state index is 5.03. The number of nitrogens with zero attached hydrogens (tertiary/aromatic N) is 4. The standard InChI is InChI=1S/C53H42N4/c1-52(2,3)36-30-31-54-51(34-36)57-47-25-12-9-22-43(47)44-29-28-38(33-50(44)57)53(45-23-10-7-20-41(45)42-21-8-11-24-46(42)53)37-16-15-19-40(32-37)56-35-55(39-17-5-4-6-18-39)48-26-13-14-27-49(48)56/h4-34H,35H2,1-3H3. The van der Waals surface area contributed by atoms with Crippen molar-refractivity contribution >= 4 is 44.6 Å². The molecular formula is C53H42N4. The minimum Gasteiger partial charge on any atom is -0.321 e. The van der Waals surface area contributed by atoms with Crippen LogP contribution in [0.1, 0.15) is 48.6 Å². The summed E-state index contributed by atoms with van der Waals surface area (Å²) >= 11 is 0. The predicted molar refractivity (Wildman–Crippen MR) is 237 cm³/mol. The van der Waals surface area contributed by atoms with Crippen LogP contribution in [-0.2, 0) is 10.8 Å². The molecular weight excluding hydrogens is 693 g/mol. The van der Waals surface area contributed by atoms with Crippen molar-refractivity contribution in [2.24, 2.45) is 0 Å². The van der Waals surface area contributed by atoms with Crippen molar-refractivity contribution in [1.82, 2.24) is 9.55 Å².